The standard InChI is InChI=1S/C15H10ClNO2/c16-11-5-7-12(8-6-11)19-14-9-10-3-1-2-4-13(10)17-15(14)18/h1-9H,(H,17,18). The van der Waals surface area contributed by atoms with Gasteiger partial charge < -0.3 is 9.72 Å². The first kappa shape index (κ1) is 11.8. The van der Waals surface area contributed by atoms with Crippen LogP contribution in [-0.4, -0.2) is 4.98 Å². The molecule has 3 rings (SSSR count). The Kier molecular flexibility index (Phi) is 2.97. The van der Waals surface area contributed by atoms with Gasteiger partial charge in [-0.1, -0.05) is 29.8 Å². The molecule has 0 radical (unpaired) electrons. The van der Waals surface area contributed by atoms with E-state index in [0.29, 0.717) is 10.8 Å². The zero-order valence-corrected chi connectivity index (χ0v) is 10.6. The van der Waals surface area contributed by atoms with Crippen LogP contribution in [0.5, 0.6) is 11.5 Å². The number of ether oxygens (including phenoxy) is 1. The number of benzene rings is 2. The Bertz CT molecular complexity index is 778. The van der Waals surface area contributed by atoms with Gasteiger partial charge in [0.1, 0.15) is 5.75 Å². The minimum absolute atomic E-state index is 0.256. The molecule has 0 saturated heterocycles. The third-order valence-electron chi connectivity index (χ3n) is 2.76. The van der Waals surface area contributed by atoms with E-state index >= 15 is 0 Å². The van der Waals surface area contributed by atoms with Gasteiger partial charge in [0, 0.05) is 15.9 Å². The van der Waals surface area contributed by atoms with Crippen LogP contribution in [0.2, 0.25) is 5.02 Å². The summed E-state index contributed by atoms with van der Waals surface area (Å²) in [6.45, 7) is 0. The van der Waals surface area contributed by atoms with Crippen LogP contribution >= 0.6 is 11.6 Å². The quantitative estimate of drug-likeness (QED) is 0.766. The third kappa shape index (κ3) is 2.46. The van der Waals surface area contributed by atoms with Crippen LogP contribution in [0.4, 0.5) is 0 Å². The van der Waals surface area contributed by atoms with E-state index in [0.717, 1.165) is 10.9 Å². The Morgan fingerprint density at radius 1 is 1.00 bits per heavy atom. The largest absolute Gasteiger partial charge is 0.452 e. The predicted molar refractivity (Wildman–Crippen MR) is 76.1 cm³/mol. The Balaban J connectivity index is 2.03. The molecule has 1 N–H and O–H groups in total. The van der Waals surface area contributed by atoms with Gasteiger partial charge in [0.05, 0.1) is 0 Å². The maximum absolute atomic E-state index is 11.9. The number of fused-ring (bicyclic) bond motifs is 1. The van der Waals surface area contributed by atoms with E-state index in [2.05, 4.69) is 4.98 Å². The summed E-state index contributed by atoms with van der Waals surface area (Å²) in [5.41, 5.74) is 0.532. The summed E-state index contributed by atoms with van der Waals surface area (Å²) >= 11 is 5.80. The molecule has 0 aliphatic carbocycles. The number of hydrogen-bond donors (Lipinski definition) is 1. The number of pyridine rings is 1. The van der Waals surface area contributed by atoms with Crippen molar-refractivity contribution in [1.82, 2.24) is 4.98 Å². The molecule has 3 nitrogen and oxygen atoms in total. The maximum Gasteiger partial charge on any atom is 0.291 e. The molecule has 0 aliphatic heterocycles. The van der Waals surface area contributed by atoms with Crippen molar-refractivity contribution in [2.24, 2.45) is 0 Å². The SMILES string of the molecule is O=c1[nH]c2ccccc2cc1Oc1ccc(Cl)cc1. The van der Waals surface area contributed by atoms with Gasteiger partial charge in [-0.2, -0.15) is 0 Å². The number of hydrogen-bond acceptors (Lipinski definition) is 2. The highest BCUT2D eigenvalue weighted by Gasteiger charge is 2.05. The van der Waals surface area contributed by atoms with Crippen molar-refractivity contribution in [2.75, 3.05) is 0 Å². The van der Waals surface area contributed by atoms with E-state index < -0.39 is 0 Å². The number of aromatic amines is 1. The van der Waals surface area contributed by atoms with Crippen LogP contribution in [0.25, 0.3) is 10.9 Å². The smallest absolute Gasteiger partial charge is 0.291 e. The minimum Gasteiger partial charge on any atom is -0.452 e. The number of aromatic nitrogens is 1. The molecule has 0 saturated carbocycles. The monoisotopic (exact) mass is 271 g/mol. The van der Waals surface area contributed by atoms with Gasteiger partial charge in [0.25, 0.3) is 5.56 Å². The lowest BCUT2D eigenvalue weighted by molar-refractivity contribution is 0.476. The second kappa shape index (κ2) is 4.78. The van der Waals surface area contributed by atoms with E-state index in [-0.39, 0.29) is 11.3 Å². The average molecular weight is 272 g/mol. The topological polar surface area (TPSA) is 42.1 Å². The van der Waals surface area contributed by atoms with Crippen molar-refractivity contribution >= 4 is 22.5 Å². The molecule has 0 aliphatic rings. The molecular weight excluding hydrogens is 262 g/mol. The molecule has 0 amide bonds. The Morgan fingerprint density at radius 2 is 1.74 bits per heavy atom. The average Bonchev–Trinajstić information content (AvgIpc) is 2.42. The summed E-state index contributed by atoms with van der Waals surface area (Å²) in [7, 11) is 0. The van der Waals surface area contributed by atoms with Gasteiger partial charge in [-0.25, -0.2) is 0 Å². The van der Waals surface area contributed by atoms with Crippen LogP contribution in [0.1, 0.15) is 0 Å². The fourth-order valence-electron chi connectivity index (χ4n) is 1.83. The van der Waals surface area contributed by atoms with Crippen molar-refractivity contribution in [3.8, 4) is 11.5 Å². The maximum atomic E-state index is 11.9. The van der Waals surface area contributed by atoms with Crippen LogP contribution < -0.4 is 10.3 Å². The zero-order valence-electron chi connectivity index (χ0n) is 9.89. The second-order valence-electron chi connectivity index (χ2n) is 4.11. The lowest BCUT2D eigenvalue weighted by Crippen LogP contribution is -2.08. The van der Waals surface area contributed by atoms with Crippen molar-refractivity contribution in [3.05, 3.63) is 70.0 Å². The summed E-state index contributed by atoms with van der Waals surface area (Å²) in [5.74, 6) is 0.839. The lowest BCUT2D eigenvalue weighted by Gasteiger charge is -2.06. The van der Waals surface area contributed by atoms with Crippen LogP contribution in [0.3, 0.4) is 0 Å². The summed E-state index contributed by atoms with van der Waals surface area (Å²) < 4.78 is 5.57. The summed E-state index contributed by atoms with van der Waals surface area (Å²) in [6.07, 6.45) is 0. The molecule has 3 aromatic rings. The Hall–Kier alpha value is -2.26. The fourth-order valence-corrected chi connectivity index (χ4v) is 1.96. The Labute approximate surface area is 114 Å². The molecule has 0 unspecified atom stereocenters. The number of H-pyrrole nitrogens is 1. The molecule has 1 heterocycles. The summed E-state index contributed by atoms with van der Waals surface area (Å²) in [4.78, 5) is 14.7. The van der Waals surface area contributed by atoms with E-state index in [1.165, 1.54) is 0 Å². The van der Waals surface area contributed by atoms with E-state index in [4.69, 9.17) is 16.3 Å². The van der Waals surface area contributed by atoms with Crippen molar-refractivity contribution in [2.45, 2.75) is 0 Å². The van der Waals surface area contributed by atoms with Gasteiger partial charge in [0.15, 0.2) is 5.75 Å². The van der Waals surface area contributed by atoms with Crippen molar-refractivity contribution < 1.29 is 4.74 Å². The normalized spacial score (nSPS) is 10.6. The van der Waals surface area contributed by atoms with Crippen LogP contribution in [0, 0.1) is 0 Å². The molecule has 0 atom stereocenters. The fraction of sp³-hybridized carbons (Fsp3) is 0. The predicted octanol–water partition coefficient (Wildman–Crippen LogP) is 3.97. The van der Waals surface area contributed by atoms with E-state index in [1.54, 1.807) is 30.3 Å². The van der Waals surface area contributed by atoms with Gasteiger partial charge in [0.2, 0.25) is 0 Å². The molecule has 0 bridgehead atoms. The van der Waals surface area contributed by atoms with E-state index in [1.807, 2.05) is 24.3 Å². The molecule has 1 aromatic heterocycles. The lowest BCUT2D eigenvalue weighted by atomic mass is 10.2. The van der Waals surface area contributed by atoms with Crippen LogP contribution in [-0.2, 0) is 0 Å². The number of rotatable bonds is 2. The highest BCUT2D eigenvalue weighted by Crippen LogP contribution is 2.22. The number of halogens is 1. The minimum atomic E-state index is -0.256. The summed E-state index contributed by atoms with van der Waals surface area (Å²) in [5, 5.41) is 1.55. The molecule has 19 heavy (non-hydrogen) atoms. The highest BCUT2D eigenvalue weighted by atomic mass is 35.5. The molecule has 4 heteroatoms. The number of para-hydroxylation sites is 1. The Morgan fingerprint density at radius 3 is 2.53 bits per heavy atom. The highest BCUT2D eigenvalue weighted by molar-refractivity contribution is 6.30. The second-order valence-corrected chi connectivity index (χ2v) is 4.54. The van der Waals surface area contributed by atoms with Crippen molar-refractivity contribution in [3.63, 3.8) is 0 Å². The van der Waals surface area contributed by atoms with Crippen LogP contribution in [0.15, 0.2) is 59.4 Å². The van der Waals surface area contributed by atoms with E-state index in [9.17, 15) is 4.79 Å². The first-order chi connectivity index (χ1) is 9.22. The molecule has 2 aromatic carbocycles. The van der Waals surface area contributed by atoms with Gasteiger partial charge in [-0.05, 0) is 36.4 Å². The molecule has 0 spiro atoms. The third-order valence-corrected chi connectivity index (χ3v) is 3.01. The van der Waals surface area contributed by atoms with Gasteiger partial charge in [-0.3, -0.25) is 4.79 Å². The molecule has 94 valence electrons. The first-order valence-corrected chi connectivity index (χ1v) is 6.16. The van der Waals surface area contributed by atoms with Gasteiger partial charge >= 0.3 is 0 Å². The zero-order chi connectivity index (χ0) is 13.2. The van der Waals surface area contributed by atoms with Crippen molar-refractivity contribution in [1.29, 1.82) is 0 Å². The summed E-state index contributed by atoms with van der Waals surface area (Å²) in [6, 6.07) is 16.1. The molecular formula is C15H10ClNO2. The number of nitrogens with one attached hydrogen (secondary N) is 1. The first-order valence-electron chi connectivity index (χ1n) is 5.78. The van der Waals surface area contributed by atoms with Gasteiger partial charge in [-0.15, -0.1) is 0 Å². The molecule has 0 fully saturated rings.